The van der Waals surface area contributed by atoms with Crippen LogP contribution in [0.2, 0.25) is 0 Å². The third-order valence-electron chi connectivity index (χ3n) is 4.88. The SMILES string of the molecule is COC(=O)[C@@]1(C)C(=NNS(=O)(=O)c2ccc(C)cc2)CCC[C@@H]1C. The number of aryl methyl sites for hydroxylation is 1. The van der Waals surface area contributed by atoms with Gasteiger partial charge in [0.1, 0.15) is 5.41 Å². The molecule has 1 saturated carbocycles. The lowest BCUT2D eigenvalue weighted by Gasteiger charge is -2.37. The lowest BCUT2D eigenvalue weighted by Crippen LogP contribution is -2.46. The molecule has 1 aliphatic rings. The van der Waals surface area contributed by atoms with Crippen LogP contribution in [0.5, 0.6) is 0 Å². The zero-order valence-corrected chi connectivity index (χ0v) is 15.3. The molecule has 0 unspecified atom stereocenters. The smallest absolute Gasteiger partial charge is 0.317 e. The number of benzene rings is 1. The fourth-order valence-corrected chi connectivity index (χ4v) is 3.83. The molecule has 0 saturated heterocycles. The second kappa shape index (κ2) is 6.93. The number of carbonyl (C=O) groups is 1. The highest BCUT2D eigenvalue weighted by Gasteiger charge is 2.47. The van der Waals surface area contributed by atoms with Gasteiger partial charge in [-0.05, 0) is 51.2 Å². The molecule has 0 spiro atoms. The number of nitrogens with zero attached hydrogens (tertiary/aromatic N) is 1. The summed E-state index contributed by atoms with van der Waals surface area (Å²) in [7, 11) is -2.43. The molecular formula is C17H24N2O4S. The molecule has 1 N–H and O–H groups in total. The van der Waals surface area contributed by atoms with Crippen LogP contribution in [0.15, 0.2) is 34.3 Å². The Morgan fingerprint density at radius 3 is 2.54 bits per heavy atom. The number of nitrogens with one attached hydrogen (secondary N) is 1. The molecule has 0 amide bonds. The molecule has 0 aliphatic heterocycles. The Morgan fingerprint density at radius 2 is 1.96 bits per heavy atom. The van der Waals surface area contributed by atoms with Crippen LogP contribution in [0.1, 0.15) is 38.7 Å². The highest BCUT2D eigenvalue weighted by atomic mass is 32.2. The lowest BCUT2D eigenvalue weighted by atomic mass is 9.67. The Balaban J connectivity index is 2.31. The molecule has 0 bridgehead atoms. The topological polar surface area (TPSA) is 84.8 Å². The number of methoxy groups -OCH3 is 1. The van der Waals surface area contributed by atoms with Gasteiger partial charge in [-0.3, -0.25) is 4.79 Å². The highest BCUT2D eigenvalue weighted by Crippen LogP contribution is 2.39. The van der Waals surface area contributed by atoms with Crippen molar-refractivity contribution in [3.05, 3.63) is 29.8 Å². The number of hydrogen-bond acceptors (Lipinski definition) is 5. The van der Waals surface area contributed by atoms with E-state index in [1.807, 2.05) is 13.8 Å². The molecule has 2 rings (SSSR count). The minimum Gasteiger partial charge on any atom is -0.468 e. The summed E-state index contributed by atoms with van der Waals surface area (Å²) in [6.07, 6.45) is 2.29. The van der Waals surface area contributed by atoms with Crippen molar-refractivity contribution in [1.29, 1.82) is 0 Å². The summed E-state index contributed by atoms with van der Waals surface area (Å²) < 4.78 is 29.7. The molecule has 1 aromatic carbocycles. The van der Waals surface area contributed by atoms with Crippen molar-refractivity contribution >= 4 is 21.7 Å². The normalized spacial score (nSPS) is 26.2. The lowest BCUT2D eigenvalue weighted by molar-refractivity contribution is -0.150. The average molecular weight is 352 g/mol. The molecule has 1 fully saturated rings. The van der Waals surface area contributed by atoms with E-state index >= 15 is 0 Å². The minimum absolute atomic E-state index is 0.0290. The first-order valence-corrected chi connectivity index (χ1v) is 9.44. The summed E-state index contributed by atoms with van der Waals surface area (Å²) in [6, 6.07) is 6.51. The van der Waals surface area contributed by atoms with E-state index < -0.39 is 15.4 Å². The van der Waals surface area contributed by atoms with Gasteiger partial charge in [0.15, 0.2) is 0 Å². The number of ether oxygens (including phenoxy) is 1. The van der Waals surface area contributed by atoms with E-state index in [-0.39, 0.29) is 16.8 Å². The molecule has 0 radical (unpaired) electrons. The molecule has 24 heavy (non-hydrogen) atoms. The molecule has 7 heteroatoms. The standard InChI is InChI=1S/C17H24N2O4S/c1-12-8-10-14(11-9-12)24(21,22)19-18-15-7-5-6-13(2)17(15,3)16(20)23-4/h8-11,13,19H,5-7H2,1-4H3/t13-,17+/m0/s1. The molecule has 132 valence electrons. The fraction of sp³-hybridized carbons (Fsp3) is 0.529. The third kappa shape index (κ3) is 3.45. The average Bonchev–Trinajstić information content (AvgIpc) is 2.55. The molecule has 6 nitrogen and oxygen atoms in total. The summed E-state index contributed by atoms with van der Waals surface area (Å²) in [5.74, 6) is -0.357. The maximum atomic E-state index is 12.4. The van der Waals surface area contributed by atoms with Crippen LogP contribution in [-0.4, -0.2) is 27.2 Å². The van der Waals surface area contributed by atoms with Crippen molar-refractivity contribution in [3.8, 4) is 0 Å². The Kier molecular flexibility index (Phi) is 5.32. The monoisotopic (exact) mass is 352 g/mol. The maximum absolute atomic E-state index is 12.4. The van der Waals surface area contributed by atoms with Crippen molar-refractivity contribution in [2.45, 2.75) is 44.9 Å². The fourth-order valence-electron chi connectivity index (χ4n) is 3.00. The van der Waals surface area contributed by atoms with Gasteiger partial charge in [-0.2, -0.15) is 13.5 Å². The summed E-state index contributed by atoms with van der Waals surface area (Å²) in [5, 5.41) is 4.10. The van der Waals surface area contributed by atoms with Gasteiger partial charge in [0.25, 0.3) is 10.0 Å². The summed E-state index contributed by atoms with van der Waals surface area (Å²) >= 11 is 0. The van der Waals surface area contributed by atoms with Gasteiger partial charge in [0.2, 0.25) is 0 Å². The predicted octanol–water partition coefficient (Wildman–Crippen LogP) is 2.63. The number of hydrazone groups is 1. The van der Waals surface area contributed by atoms with Gasteiger partial charge in [0.05, 0.1) is 17.7 Å². The second-order valence-corrected chi connectivity index (χ2v) is 8.11. The Labute approximate surface area is 143 Å². The van der Waals surface area contributed by atoms with Gasteiger partial charge in [0, 0.05) is 0 Å². The van der Waals surface area contributed by atoms with Gasteiger partial charge in [-0.15, -0.1) is 0 Å². The van der Waals surface area contributed by atoms with Crippen molar-refractivity contribution in [2.75, 3.05) is 7.11 Å². The van der Waals surface area contributed by atoms with Crippen LogP contribution in [0.25, 0.3) is 0 Å². The zero-order valence-electron chi connectivity index (χ0n) is 14.5. The summed E-state index contributed by atoms with van der Waals surface area (Å²) in [6.45, 7) is 5.61. The molecule has 1 aromatic rings. The second-order valence-electron chi connectivity index (χ2n) is 6.45. The van der Waals surface area contributed by atoms with Gasteiger partial charge < -0.3 is 4.74 Å². The quantitative estimate of drug-likeness (QED) is 0.667. The van der Waals surface area contributed by atoms with E-state index in [0.29, 0.717) is 12.1 Å². The first kappa shape index (κ1) is 18.4. The Morgan fingerprint density at radius 1 is 1.33 bits per heavy atom. The van der Waals surface area contributed by atoms with Gasteiger partial charge in [-0.25, -0.2) is 4.83 Å². The van der Waals surface area contributed by atoms with Crippen LogP contribution < -0.4 is 4.83 Å². The Hall–Kier alpha value is -1.89. The molecular weight excluding hydrogens is 328 g/mol. The van der Waals surface area contributed by atoms with E-state index in [1.165, 1.54) is 19.2 Å². The van der Waals surface area contributed by atoms with Crippen LogP contribution in [-0.2, 0) is 19.6 Å². The van der Waals surface area contributed by atoms with E-state index in [1.54, 1.807) is 19.1 Å². The number of carbonyl (C=O) groups excluding carboxylic acids is 1. The van der Waals surface area contributed by atoms with Crippen LogP contribution in [0.3, 0.4) is 0 Å². The number of sulfonamides is 1. The molecule has 0 aromatic heterocycles. The highest BCUT2D eigenvalue weighted by molar-refractivity contribution is 7.89. The van der Waals surface area contributed by atoms with Crippen LogP contribution >= 0.6 is 0 Å². The molecule has 2 atom stereocenters. The van der Waals surface area contributed by atoms with Crippen molar-refractivity contribution in [2.24, 2.45) is 16.4 Å². The number of hydrogen-bond donors (Lipinski definition) is 1. The first-order chi connectivity index (χ1) is 11.2. The molecule has 1 aliphatic carbocycles. The van der Waals surface area contributed by atoms with Crippen LogP contribution in [0.4, 0.5) is 0 Å². The summed E-state index contributed by atoms with van der Waals surface area (Å²) in [4.78, 5) is 14.7. The van der Waals surface area contributed by atoms with Gasteiger partial charge in [-0.1, -0.05) is 24.6 Å². The predicted molar refractivity (Wildman–Crippen MR) is 92.1 cm³/mol. The van der Waals surface area contributed by atoms with Crippen molar-refractivity contribution < 1.29 is 17.9 Å². The minimum atomic E-state index is -3.77. The largest absolute Gasteiger partial charge is 0.468 e. The maximum Gasteiger partial charge on any atom is 0.317 e. The van der Waals surface area contributed by atoms with Crippen molar-refractivity contribution in [3.63, 3.8) is 0 Å². The first-order valence-electron chi connectivity index (χ1n) is 7.95. The van der Waals surface area contributed by atoms with Crippen LogP contribution in [0, 0.1) is 18.3 Å². The molecule has 0 heterocycles. The summed E-state index contributed by atoms with van der Waals surface area (Å²) in [5.41, 5.74) is 0.575. The number of rotatable bonds is 4. The van der Waals surface area contributed by atoms with E-state index in [2.05, 4.69) is 9.93 Å². The van der Waals surface area contributed by atoms with Gasteiger partial charge >= 0.3 is 5.97 Å². The van der Waals surface area contributed by atoms with Crippen molar-refractivity contribution in [1.82, 2.24) is 4.83 Å². The Bertz CT molecular complexity index is 740. The third-order valence-corrected chi connectivity index (χ3v) is 6.10. The zero-order chi connectivity index (χ0) is 18.0. The van der Waals surface area contributed by atoms with E-state index in [4.69, 9.17) is 4.74 Å². The number of esters is 1. The van der Waals surface area contributed by atoms with E-state index in [9.17, 15) is 13.2 Å². The van der Waals surface area contributed by atoms with E-state index in [0.717, 1.165) is 18.4 Å².